The quantitative estimate of drug-likeness (QED) is 0.809. The molecule has 0 unspecified atom stereocenters. The summed E-state index contributed by atoms with van der Waals surface area (Å²) in [5.74, 6) is 0.108. The van der Waals surface area contributed by atoms with Crippen molar-refractivity contribution in [3.8, 4) is 10.4 Å². The van der Waals surface area contributed by atoms with E-state index in [-0.39, 0.29) is 5.75 Å². The lowest BCUT2D eigenvalue weighted by Crippen LogP contribution is -2.00. The normalized spacial score (nSPS) is 11.4. The summed E-state index contributed by atoms with van der Waals surface area (Å²) in [5.41, 5.74) is 1.53. The Balaban J connectivity index is 2.37. The van der Waals surface area contributed by atoms with Gasteiger partial charge in [-0.1, -0.05) is 31.2 Å². The predicted octanol–water partition coefficient (Wildman–Crippen LogP) is 3.02. The summed E-state index contributed by atoms with van der Waals surface area (Å²) in [6, 6.07) is 10.5. The number of aldehydes is 1. The minimum atomic E-state index is -3.14. The van der Waals surface area contributed by atoms with E-state index in [4.69, 9.17) is 0 Å². The third-order valence-electron chi connectivity index (χ3n) is 2.60. The van der Waals surface area contributed by atoms with Crippen LogP contribution in [0.1, 0.15) is 17.3 Å². The second-order valence-corrected chi connectivity index (χ2v) is 7.35. The maximum atomic E-state index is 11.7. The zero-order valence-corrected chi connectivity index (χ0v) is 11.4. The van der Waals surface area contributed by atoms with E-state index in [1.165, 1.54) is 11.3 Å². The fraction of sp³-hybridized carbons (Fsp3) is 0.154. The first kappa shape index (κ1) is 13.0. The largest absolute Gasteiger partial charge is 0.298 e. The molecule has 0 bridgehead atoms. The number of sulfone groups is 1. The van der Waals surface area contributed by atoms with E-state index in [1.807, 2.05) is 12.1 Å². The number of hydrogen-bond acceptors (Lipinski definition) is 4. The molecule has 1 aromatic carbocycles. The van der Waals surface area contributed by atoms with Gasteiger partial charge in [0.1, 0.15) is 10.5 Å². The number of hydrogen-bond donors (Lipinski definition) is 0. The van der Waals surface area contributed by atoms with E-state index < -0.39 is 9.84 Å². The SMILES string of the molecule is CCS(=O)(=O)c1ccc(-c2ccc(C=O)cc2)s1. The maximum Gasteiger partial charge on any atom is 0.187 e. The van der Waals surface area contributed by atoms with Crippen LogP contribution in [0.5, 0.6) is 0 Å². The van der Waals surface area contributed by atoms with Gasteiger partial charge in [-0.2, -0.15) is 0 Å². The monoisotopic (exact) mass is 280 g/mol. The highest BCUT2D eigenvalue weighted by Crippen LogP contribution is 2.31. The molecule has 0 aliphatic rings. The van der Waals surface area contributed by atoms with E-state index >= 15 is 0 Å². The molecule has 0 radical (unpaired) electrons. The van der Waals surface area contributed by atoms with Gasteiger partial charge in [0.05, 0.1) is 5.75 Å². The van der Waals surface area contributed by atoms with Crippen molar-refractivity contribution in [3.05, 3.63) is 42.0 Å². The molecule has 1 heterocycles. The number of benzene rings is 1. The number of carbonyl (C=O) groups excluding carboxylic acids is 1. The zero-order chi connectivity index (χ0) is 13.2. The predicted molar refractivity (Wildman–Crippen MR) is 72.9 cm³/mol. The van der Waals surface area contributed by atoms with Crippen LogP contribution in [0, 0.1) is 0 Å². The first-order chi connectivity index (χ1) is 8.56. The molecule has 0 fully saturated rings. The Labute approximate surface area is 110 Å². The number of carbonyl (C=O) groups is 1. The van der Waals surface area contributed by atoms with Crippen molar-refractivity contribution in [2.75, 3.05) is 5.75 Å². The molecule has 0 atom stereocenters. The first-order valence-corrected chi connectivity index (χ1v) is 7.92. The van der Waals surface area contributed by atoms with Gasteiger partial charge >= 0.3 is 0 Å². The Morgan fingerprint density at radius 3 is 2.33 bits per heavy atom. The van der Waals surface area contributed by atoms with Crippen LogP contribution in [0.15, 0.2) is 40.6 Å². The van der Waals surface area contributed by atoms with Crippen LogP contribution < -0.4 is 0 Å². The standard InChI is InChI=1S/C13H12O3S2/c1-2-18(15,16)13-8-7-12(17-13)11-5-3-10(9-14)4-6-11/h3-9H,2H2,1H3. The van der Waals surface area contributed by atoms with Crippen LogP contribution in [-0.4, -0.2) is 20.5 Å². The molecule has 94 valence electrons. The summed E-state index contributed by atoms with van der Waals surface area (Å²) in [5, 5.41) is 0. The second-order valence-electron chi connectivity index (χ2n) is 3.76. The van der Waals surface area contributed by atoms with Gasteiger partial charge in [-0.05, 0) is 17.7 Å². The van der Waals surface area contributed by atoms with Crippen molar-refractivity contribution in [2.45, 2.75) is 11.1 Å². The van der Waals surface area contributed by atoms with E-state index in [0.717, 1.165) is 16.7 Å². The van der Waals surface area contributed by atoms with Gasteiger partial charge in [-0.15, -0.1) is 11.3 Å². The third-order valence-corrected chi connectivity index (χ3v) is 6.05. The molecule has 0 spiro atoms. The number of rotatable bonds is 4. The molecule has 0 aliphatic heterocycles. The Morgan fingerprint density at radius 2 is 1.78 bits per heavy atom. The van der Waals surface area contributed by atoms with Crippen LogP contribution >= 0.6 is 11.3 Å². The molecule has 1 aromatic heterocycles. The Hall–Kier alpha value is -1.46. The third kappa shape index (κ3) is 2.52. The number of thiophene rings is 1. The summed E-state index contributed by atoms with van der Waals surface area (Å²) in [7, 11) is -3.14. The van der Waals surface area contributed by atoms with Gasteiger partial charge in [-0.3, -0.25) is 4.79 Å². The molecule has 0 saturated carbocycles. The lowest BCUT2D eigenvalue weighted by molar-refractivity contribution is 0.112. The van der Waals surface area contributed by atoms with Crippen molar-refractivity contribution in [1.82, 2.24) is 0 Å². The summed E-state index contributed by atoms with van der Waals surface area (Å²) >= 11 is 1.25. The van der Waals surface area contributed by atoms with Crippen molar-refractivity contribution in [3.63, 3.8) is 0 Å². The van der Waals surface area contributed by atoms with Gasteiger partial charge in [0.2, 0.25) is 0 Å². The summed E-state index contributed by atoms with van der Waals surface area (Å²) in [4.78, 5) is 11.4. The van der Waals surface area contributed by atoms with Gasteiger partial charge in [-0.25, -0.2) is 8.42 Å². The van der Waals surface area contributed by atoms with Crippen LogP contribution in [0.3, 0.4) is 0 Å². The molecule has 0 N–H and O–H groups in total. The van der Waals surface area contributed by atoms with Gasteiger partial charge in [0.25, 0.3) is 0 Å². The van der Waals surface area contributed by atoms with Crippen molar-refractivity contribution in [2.24, 2.45) is 0 Å². The topological polar surface area (TPSA) is 51.2 Å². The molecule has 2 aromatic rings. The first-order valence-electron chi connectivity index (χ1n) is 5.45. The summed E-state index contributed by atoms with van der Waals surface area (Å²) in [6.45, 7) is 1.63. The molecule has 0 saturated heterocycles. The zero-order valence-electron chi connectivity index (χ0n) is 9.79. The molecule has 5 heteroatoms. The molecule has 2 rings (SSSR count). The Bertz CT molecular complexity index is 652. The minimum Gasteiger partial charge on any atom is -0.298 e. The van der Waals surface area contributed by atoms with Crippen LogP contribution in [0.25, 0.3) is 10.4 Å². The highest BCUT2D eigenvalue weighted by atomic mass is 32.2. The van der Waals surface area contributed by atoms with Crippen molar-refractivity contribution < 1.29 is 13.2 Å². The summed E-state index contributed by atoms with van der Waals surface area (Å²) in [6.07, 6.45) is 0.783. The fourth-order valence-corrected chi connectivity index (χ4v) is 3.94. The van der Waals surface area contributed by atoms with Crippen molar-refractivity contribution >= 4 is 27.5 Å². The molecule has 0 aliphatic carbocycles. The van der Waals surface area contributed by atoms with Gasteiger partial charge < -0.3 is 0 Å². The van der Waals surface area contributed by atoms with Crippen molar-refractivity contribution in [1.29, 1.82) is 0 Å². The molecule has 3 nitrogen and oxygen atoms in total. The lowest BCUT2D eigenvalue weighted by Gasteiger charge is -1.98. The highest BCUT2D eigenvalue weighted by molar-refractivity contribution is 7.93. The smallest absolute Gasteiger partial charge is 0.187 e. The van der Waals surface area contributed by atoms with Crippen LogP contribution in [-0.2, 0) is 9.84 Å². The molecular weight excluding hydrogens is 268 g/mol. The maximum absolute atomic E-state index is 11.7. The van der Waals surface area contributed by atoms with Gasteiger partial charge in [0.15, 0.2) is 9.84 Å². The fourth-order valence-electron chi connectivity index (χ4n) is 1.51. The van der Waals surface area contributed by atoms with E-state index in [9.17, 15) is 13.2 Å². The average molecular weight is 280 g/mol. The summed E-state index contributed by atoms with van der Waals surface area (Å²) < 4.78 is 23.8. The van der Waals surface area contributed by atoms with Crippen LogP contribution in [0.4, 0.5) is 0 Å². The molecule has 18 heavy (non-hydrogen) atoms. The van der Waals surface area contributed by atoms with E-state index in [2.05, 4.69) is 0 Å². The highest BCUT2D eigenvalue weighted by Gasteiger charge is 2.14. The molecular formula is C13H12O3S2. The van der Waals surface area contributed by atoms with E-state index in [1.54, 1.807) is 31.2 Å². The average Bonchev–Trinajstić information content (AvgIpc) is 2.89. The van der Waals surface area contributed by atoms with E-state index in [0.29, 0.717) is 9.77 Å². The Kier molecular flexibility index (Phi) is 3.63. The van der Waals surface area contributed by atoms with Gasteiger partial charge in [0, 0.05) is 10.4 Å². The molecule has 0 amide bonds. The van der Waals surface area contributed by atoms with Crippen LogP contribution in [0.2, 0.25) is 0 Å². The Morgan fingerprint density at radius 1 is 1.11 bits per heavy atom. The second kappa shape index (κ2) is 5.04. The lowest BCUT2D eigenvalue weighted by atomic mass is 10.1. The minimum absolute atomic E-state index is 0.108.